The van der Waals surface area contributed by atoms with Crippen LogP contribution in [0.5, 0.6) is 0 Å². The van der Waals surface area contributed by atoms with Gasteiger partial charge < -0.3 is 25.6 Å². The average Bonchev–Trinajstić information content (AvgIpc) is 3.15. The number of esters is 1. The molecule has 0 spiro atoms. The lowest BCUT2D eigenvalue weighted by Gasteiger charge is -2.33. The summed E-state index contributed by atoms with van der Waals surface area (Å²) in [6, 6.07) is 4.79. The highest BCUT2D eigenvalue weighted by atomic mass is 16.5. The van der Waals surface area contributed by atoms with Crippen molar-refractivity contribution in [2.75, 3.05) is 36.5 Å². The quantitative estimate of drug-likeness (QED) is 0.604. The molecule has 2 heterocycles. The van der Waals surface area contributed by atoms with Gasteiger partial charge >= 0.3 is 5.97 Å². The van der Waals surface area contributed by atoms with Crippen LogP contribution < -0.4 is 20.9 Å². The molecule has 0 radical (unpaired) electrons. The van der Waals surface area contributed by atoms with Crippen LogP contribution in [0.3, 0.4) is 0 Å². The molecular formula is C18H22N4O5. The predicted octanol–water partition coefficient (Wildman–Crippen LogP) is 0.0166. The van der Waals surface area contributed by atoms with Crippen LogP contribution in [0.2, 0.25) is 0 Å². The molecule has 1 fully saturated rings. The lowest BCUT2D eigenvalue weighted by atomic mass is 10.1. The number of carbonyl (C=O) groups excluding carboxylic acids is 4. The standard InChI is InChI=1S/C18H22N4O5/c1-2-19-15(23)9-20-16(24)10-27-18(26)11-5-6-13-12(8-11)21-17(25)14-4-3-7-22(13)14/h5-6,8,14H,2-4,7,9-10H2,1H3,(H,19,23)(H,20,24)(H,21,25)/t14-/m1/s1. The minimum atomic E-state index is -0.677. The molecule has 9 heteroatoms. The van der Waals surface area contributed by atoms with Crippen LogP contribution in [0.1, 0.15) is 30.1 Å². The maximum Gasteiger partial charge on any atom is 0.338 e. The van der Waals surface area contributed by atoms with Crippen molar-refractivity contribution in [2.24, 2.45) is 0 Å². The van der Waals surface area contributed by atoms with Gasteiger partial charge in [-0.2, -0.15) is 0 Å². The van der Waals surface area contributed by atoms with Gasteiger partial charge in [-0.15, -0.1) is 0 Å². The zero-order valence-electron chi connectivity index (χ0n) is 15.0. The van der Waals surface area contributed by atoms with Gasteiger partial charge in [0.1, 0.15) is 6.04 Å². The second-order valence-corrected chi connectivity index (χ2v) is 6.38. The maximum absolute atomic E-state index is 12.2. The summed E-state index contributed by atoms with van der Waals surface area (Å²) in [5, 5.41) is 7.73. The third-order valence-corrected chi connectivity index (χ3v) is 4.51. The number of nitrogens with one attached hydrogen (secondary N) is 3. The topological polar surface area (TPSA) is 117 Å². The molecule has 1 aromatic carbocycles. The fourth-order valence-corrected chi connectivity index (χ4v) is 3.26. The molecule has 3 rings (SSSR count). The summed E-state index contributed by atoms with van der Waals surface area (Å²) in [5.41, 5.74) is 1.69. The van der Waals surface area contributed by atoms with E-state index in [0.717, 1.165) is 25.1 Å². The van der Waals surface area contributed by atoms with Crippen molar-refractivity contribution >= 4 is 35.1 Å². The van der Waals surface area contributed by atoms with E-state index in [9.17, 15) is 19.2 Å². The largest absolute Gasteiger partial charge is 0.452 e. The number of anilines is 2. The number of carbonyl (C=O) groups is 4. The second kappa shape index (κ2) is 8.07. The summed E-state index contributed by atoms with van der Waals surface area (Å²) in [7, 11) is 0. The Hall–Kier alpha value is -3.10. The first-order valence-electron chi connectivity index (χ1n) is 8.91. The summed E-state index contributed by atoms with van der Waals surface area (Å²) < 4.78 is 4.98. The summed E-state index contributed by atoms with van der Waals surface area (Å²) in [4.78, 5) is 49.3. The van der Waals surface area contributed by atoms with Crippen molar-refractivity contribution in [3.05, 3.63) is 23.8 Å². The Morgan fingerprint density at radius 2 is 2.07 bits per heavy atom. The third-order valence-electron chi connectivity index (χ3n) is 4.51. The first kappa shape index (κ1) is 18.7. The van der Waals surface area contributed by atoms with Crippen LogP contribution in [0.25, 0.3) is 0 Å². The Bertz CT molecular complexity index is 779. The molecule has 0 aromatic heterocycles. The van der Waals surface area contributed by atoms with Gasteiger partial charge in [-0.05, 0) is 38.0 Å². The first-order chi connectivity index (χ1) is 13.0. The van der Waals surface area contributed by atoms with E-state index in [1.165, 1.54) is 0 Å². The van der Waals surface area contributed by atoms with Crippen LogP contribution in [-0.4, -0.2) is 56.0 Å². The van der Waals surface area contributed by atoms with Crippen molar-refractivity contribution < 1.29 is 23.9 Å². The molecule has 3 amide bonds. The first-order valence-corrected chi connectivity index (χ1v) is 8.91. The number of fused-ring (bicyclic) bond motifs is 3. The van der Waals surface area contributed by atoms with E-state index in [2.05, 4.69) is 16.0 Å². The molecule has 3 N–H and O–H groups in total. The molecule has 144 valence electrons. The van der Waals surface area contributed by atoms with Gasteiger partial charge in [-0.25, -0.2) is 4.79 Å². The van der Waals surface area contributed by atoms with Crippen LogP contribution >= 0.6 is 0 Å². The normalized spacial score (nSPS) is 17.4. The second-order valence-electron chi connectivity index (χ2n) is 6.38. The molecule has 1 saturated heterocycles. The monoisotopic (exact) mass is 374 g/mol. The van der Waals surface area contributed by atoms with Crippen LogP contribution in [0, 0.1) is 0 Å². The van der Waals surface area contributed by atoms with E-state index in [-0.39, 0.29) is 30.0 Å². The van der Waals surface area contributed by atoms with Crippen LogP contribution in [0.4, 0.5) is 11.4 Å². The van der Waals surface area contributed by atoms with Gasteiger partial charge in [-0.1, -0.05) is 0 Å². The van der Waals surface area contributed by atoms with E-state index in [0.29, 0.717) is 12.2 Å². The number of likely N-dealkylation sites (N-methyl/N-ethyl adjacent to an activating group) is 1. The minimum Gasteiger partial charge on any atom is -0.452 e. The molecule has 1 atom stereocenters. The van der Waals surface area contributed by atoms with E-state index >= 15 is 0 Å². The van der Waals surface area contributed by atoms with Crippen molar-refractivity contribution in [3.63, 3.8) is 0 Å². The highest BCUT2D eigenvalue weighted by Crippen LogP contribution is 2.37. The zero-order valence-corrected chi connectivity index (χ0v) is 15.0. The molecule has 1 aromatic rings. The molecule has 2 aliphatic rings. The number of hydrogen-bond donors (Lipinski definition) is 3. The molecule has 0 unspecified atom stereocenters. The minimum absolute atomic E-state index is 0.0738. The van der Waals surface area contributed by atoms with Gasteiger partial charge in [0.05, 0.1) is 23.5 Å². The fourth-order valence-electron chi connectivity index (χ4n) is 3.26. The number of nitrogens with zero attached hydrogens (tertiary/aromatic N) is 1. The summed E-state index contributed by atoms with van der Waals surface area (Å²) >= 11 is 0. The maximum atomic E-state index is 12.2. The summed E-state index contributed by atoms with van der Waals surface area (Å²) in [6.45, 7) is 2.38. The van der Waals surface area contributed by atoms with Crippen molar-refractivity contribution in [3.8, 4) is 0 Å². The molecular weight excluding hydrogens is 352 g/mol. The summed E-state index contributed by atoms with van der Waals surface area (Å²) in [5.74, 6) is -1.64. The van der Waals surface area contributed by atoms with E-state index in [4.69, 9.17) is 4.74 Å². The molecule has 27 heavy (non-hydrogen) atoms. The Balaban J connectivity index is 1.57. The van der Waals surface area contributed by atoms with Crippen LogP contribution in [-0.2, 0) is 19.1 Å². The van der Waals surface area contributed by atoms with Gasteiger partial charge in [0.15, 0.2) is 6.61 Å². The SMILES string of the molecule is CCNC(=O)CNC(=O)COC(=O)c1ccc2c(c1)NC(=O)[C@H]1CCCN21. The van der Waals surface area contributed by atoms with Gasteiger partial charge in [0.2, 0.25) is 11.8 Å². The smallest absolute Gasteiger partial charge is 0.338 e. The molecule has 9 nitrogen and oxygen atoms in total. The fraction of sp³-hybridized carbons (Fsp3) is 0.444. The number of hydrogen-bond acceptors (Lipinski definition) is 6. The van der Waals surface area contributed by atoms with Gasteiger partial charge in [0, 0.05) is 13.1 Å². The highest BCUT2D eigenvalue weighted by Gasteiger charge is 2.36. The molecule has 0 saturated carbocycles. The molecule has 2 aliphatic heterocycles. The Kier molecular flexibility index (Phi) is 5.58. The molecule has 0 bridgehead atoms. The van der Waals surface area contributed by atoms with Crippen molar-refractivity contribution in [2.45, 2.75) is 25.8 Å². The Morgan fingerprint density at radius 3 is 2.85 bits per heavy atom. The van der Waals surface area contributed by atoms with Crippen molar-refractivity contribution in [1.29, 1.82) is 0 Å². The average molecular weight is 374 g/mol. The zero-order chi connectivity index (χ0) is 19.4. The van der Waals surface area contributed by atoms with E-state index in [1.54, 1.807) is 25.1 Å². The highest BCUT2D eigenvalue weighted by molar-refractivity contribution is 6.05. The number of ether oxygens (including phenoxy) is 1. The van der Waals surface area contributed by atoms with Gasteiger partial charge in [0.25, 0.3) is 5.91 Å². The molecule has 0 aliphatic carbocycles. The van der Waals surface area contributed by atoms with E-state index in [1.807, 2.05) is 4.90 Å². The number of benzene rings is 1. The predicted molar refractivity (Wildman–Crippen MR) is 97.4 cm³/mol. The van der Waals surface area contributed by atoms with Crippen LogP contribution in [0.15, 0.2) is 18.2 Å². The van der Waals surface area contributed by atoms with Crippen molar-refractivity contribution in [1.82, 2.24) is 10.6 Å². The number of rotatable bonds is 6. The van der Waals surface area contributed by atoms with Gasteiger partial charge in [-0.3, -0.25) is 14.4 Å². The lowest BCUT2D eigenvalue weighted by molar-refractivity contribution is -0.127. The third kappa shape index (κ3) is 4.18. The lowest BCUT2D eigenvalue weighted by Crippen LogP contribution is -2.43. The summed E-state index contributed by atoms with van der Waals surface area (Å²) in [6.07, 6.45) is 1.77. The number of amides is 3. The van der Waals surface area contributed by atoms with E-state index < -0.39 is 18.5 Å². The Morgan fingerprint density at radius 1 is 1.26 bits per heavy atom. The Labute approximate surface area is 156 Å².